The molecule has 106 valence electrons. The van der Waals surface area contributed by atoms with Gasteiger partial charge in [-0.15, -0.1) is 0 Å². The number of hydrogen-bond acceptors (Lipinski definition) is 3. The van der Waals surface area contributed by atoms with Gasteiger partial charge in [0.2, 0.25) is 0 Å². The summed E-state index contributed by atoms with van der Waals surface area (Å²) in [5.41, 5.74) is 1.24. The molecule has 0 radical (unpaired) electrons. The van der Waals surface area contributed by atoms with Gasteiger partial charge < -0.3 is 15.5 Å². The Labute approximate surface area is 115 Å². The number of aliphatic hydroxyl groups is 1. The van der Waals surface area contributed by atoms with Crippen molar-refractivity contribution in [1.29, 1.82) is 0 Å². The average Bonchev–Trinajstić information content (AvgIpc) is 2.38. The van der Waals surface area contributed by atoms with E-state index in [1.165, 1.54) is 5.56 Å². The van der Waals surface area contributed by atoms with Crippen LogP contribution in [0.25, 0.3) is 0 Å². The van der Waals surface area contributed by atoms with Crippen LogP contribution in [0.4, 0.5) is 0 Å². The van der Waals surface area contributed by atoms with Gasteiger partial charge in [-0.25, -0.2) is 0 Å². The van der Waals surface area contributed by atoms with E-state index < -0.39 is 0 Å². The largest absolute Gasteiger partial charge is 0.508 e. The topological polar surface area (TPSA) is 52.5 Å². The molecule has 1 aliphatic carbocycles. The predicted molar refractivity (Wildman–Crippen MR) is 77.2 cm³/mol. The number of rotatable bonds is 5. The highest BCUT2D eigenvalue weighted by Gasteiger charge is 2.47. The summed E-state index contributed by atoms with van der Waals surface area (Å²) < 4.78 is 0. The number of hydrogen-bond donors (Lipinski definition) is 3. The molecule has 0 saturated heterocycles. The van der Waals surface area contributed by atoms with Crippen molar-refractivity contribution in [2.45, 2.75) is 58.2 Å². The van der Waals surface area contributed by atoms with E-state index >= 15 is 0 Å². The van der Waals surface area contributed by atoms with Gasteiger partial charge in [0, 0.05) is 17.5 Å². The van der Waals surface area contributed by atoms with E-state index in [1.807, 2.05) is 12.1 Å². The second-order valence-corrected chi connectivity index (χ2v) is 6.40. The van der Waals surface area contributed by atoms with Gasteiger partial charge >= 0.3 is 0 Å². The molecule has 2 rings (SSSR count). The molecule has 0 spiro atoms. The Bertz CT molecular complexity index is 413. The summed E-state index contributed by atoms with van der Waals surface area (Å²) in [4.78, 5) is 0. The van der Waals surface area contributed by atoms with Crippen molar-refractivity contribution in [2.75, 3.05) is 0 Å². The van der Waals surface area contributed by atoms with Gasteiger partial charge in [-0.05, 0) is 43.9 Å². The molecule has 1 aromatic carbocycles. The van der Waals surface area contributed by atoms with Crippen LogP contribution in [-0.4, -0.2) is 28.4 Å². The fourth-order valence-electron chi connectivity index (χ4n) is 2.66. The van der Waals surface area contributed by atoms with Gasteiger partial charge in [0.25, 0.3) is 0 Å². The van der Waals surface area contributed by atoms with Crippen LogP contribution in [0.3, 0.4) is 0 Å². The number of benzene rings is 1. The molecule has 19 heavy (non-hydrogen) atoms. The number of aryl methyl sites for hydroxylation is 1. The zero-order valence-electron chi connectivity index (χ0n) is 12.1. The molecule has 3 nitrogen and oxygen atoms in total. The zero-order chi connectivity index (χ0) is 14.0. The SMILES string of the molecule is CC(CCc1ccc(O)cc1)NC1CC(O)C1(C)C. The summed E-state index contributed by atoms with van der Waals surface area (Å²) >= 11 is 0. The second-order valence-electron chi connectivity index (χ2n) is 6.40. The van der Waals surface area contributed by atoms with Gasteiger partial charge in [-0.1, -0.05) is 26.0 Å². The van der Waals surface area contributed by atoms with E-state index in [0.29, 0.717) is 17.8 Å². The van der Waals surface area contributed by atoms with Crippen molar-refractivity contribution in [2.24, 2.45) is 5.41 Å². The number of aliphatic hydroxyl groups excluding tert-OH is 1. The maximum Gasteiger partial charge on any atom is 0.115 e. The highest BCUT2D eigenvalue weighted by atomic mass is 16.3. The molecule has 3 atom stereocenters. The third-order valence-electron chi connectivity index (χ3n) is 4.50. The minimum absolute atomic E-state index is 0.00715. The molecular formula is C16H25NO2. The van der Waals surface area contributed by atoms with Crippen LogP contribution in [0.1, 0.15) is 39.2 Å². The quantitative estimate of drug-likeness (QED) is 0.765. The second kappa shape index (κ2) is 5.51. The maximum atomic E-state index is 9.73. The van der Waals surface area contributed by atoms with E-state index in [4.69, 9.17) is 0 Å². The highest BCUT2D eigenvalue weighted by molar-refractivity contribution is 5.25. The van der Waals surface area contributed by atoms with Crippen molar-refractivity contribution >= 4 is 0 Å². The van der Waals surface area contributed by atoms with Crippen LogP contribution in [0.15, 0.2) is 24.3 Å². The lowest BCUT2D eigenvalue weighted by molar-refractivity contribution is -0.0755. The lowest BCUT2D eigenvalue weighted by Gasteiger charge is -2.50. The monoisotopic (exact) mass is 263 g/mol. The summed E-state index contributed by atoms with van der Waals surface area (Å²) in [7, 11) is 0. The summed E-state index contributed by atoms with van der Waals surface area (Å²) in [6, 6.07) is 8.26. The smallest absolute Gasteiger partial charge is 0.115 e. The van der Waals surface area contributed by atoms with Crippen LogP contribution in [0.2, 0.25) is 0 Å². The molecule has 0 aromatic heterocycles. The van der Waals surface area contributed by atoms with Crippen molar-refractivity contribution in [3.63, 3.8) is 0 Å². The van der Waals surface area contributed by atoms with Gasteiger partial charge in [0.05, 0.1) is 6.10 Å². The molecule has 3 N–H and O–H groups in total. The lowest BCUT2D eigenvalue weighted by atomic mass is 9.64. The Hall–Kier alpha value is -1.06. The number of nitrogens with one attached hydrogen (secondary N) is 1. The molecular weight excluding hydrogens is 238 g/mol. The first kappa shape index (κ1) is 14.4. The highest BCUT2D eigenvalue weighted by Crippen LogP contribution is 2.40. The average molecular weight is 263 g/mol. The molecule has 0 aliphatic heterocycles. The van der Waals surface area contributed by atoms with Crippen LogP contribution in [0, 0.1) is 5.41 Å². The Morgan fingerprint density at radius 2 is 1.95 bits per heavy atom. The van der Waals surface area contributed by atoms with E-state index in [9.17, 15) is 10.2 Å². The van der Waals surface area contributed by atoms with Gasteiger partial charge in [0.1, 0.15) is 5.75 Å². The molecule has 1 fully saturated rings. The van der Waals surface area contributed by atoms with Crippen LogP contribution < -0.4 is 5.32 Å². The minimum atomic E-state index is -0.172. The number of aromatic hydroxyl groups is 1. The predicted octanol–water partition coefficient (Wildman–Crippen LogP) is 2.46. The molecule has 3 unspecified atom stereocenters. The van der Waals surface area contributed by atoms with E-state index in [2.05, 4.69) is 26.1 Å². The lowest BCUT2D eigenvalue weighted by Crippen LogP contribution is -2.61. The van der Waals surface area contributed by atoms with Crippen molar-refractivity contribution in [3.05, 3.63) is 29.8 Å². The maximum absolute atomic E-state index is 9.73. The van der Waals surface area contributed by atoms with Crippen LogP contribution in [0.5, 0.6) is 5.75 Å². The van der Waals surface area contributed by atoms with E-state index in [-0.39, 0.29) is 11.5 Å². The molecule has 0 bridgehead atoms. The van der Waals surface area contributed by atoms with E-state index in [1.54, 1.807) is 12.1 Å². The zero-order valence-corrected chi connectivity index (χ0v) is 12.1. The van der Waals surface area contributed by atoms with Gasteiger partial charge in [-0.2, -0.15) is 0 Å². The van der Waals surface area contributed by atoms with Crippen molar-refractivity contribution in [3.8, 4) is 5.75 Å². The van der Waals surface area contributed by atoms with Crippen molar-refractivity contribution < 1.29 is 10.2 Å². The first-order valence-corrected chi connectivity index (χ1v) is 7.11. The molecule has 1 saturated carbocycles. The third-order valence-corrected chi connectivity index (χ3v) is 4.50. The molecule has 1 aromatic rings. The molecule has 3 heteroatoms. The summed E-state index contributed by atoms with van der Waals surface area (Å²) in [6.07, 6.45) is 2.75. The van der Waals surface area contributed by atoms with Gasteiger partial charge in [-0.3, -0.25) is 0 Å². The van der Waals surface area contributed by atoms with Crippen molar-refractivity contribution in [1.82, 2.24) is 5.32 Å². The number of phenolic OH excluding ortho intramolecular Hbond substituents is 1. The van der Waals surface area contributed by atoms with Crippen LogP contribution >= 0.6 is 0 Å². The van der Waals surface area contributed by atoms with E-state index in [0.717, 1.165) is 19.3 Å². The fraction of sp³-hybridized carbons (Fsp3) is 0.625. The normalized spacial score (nSPS) is 26.7. The Morgan fingerprint density at radius 1 is 1.32 bits per heavy atom. The fourth-order valence-corrected chi connectivity index (χ4v) is 2.66. The van der Waals surface area contributed by atoms with Gasteiger partial charge in [0.15, 0.2) is 0 Å². The van der Waals surface area contributed by atoms with Crippen LogP contribution in [-0.2, 0) is 6.42 Å². The summed E-state index contributed by atoms with van der Waals surface area (Å²) in [5, 5.41) is 22.6. The Balaban J connectivity index is 1.76. The number of phenols is 1. The minimum Gasteiger partial charge on any atom is -0.508 e. The first-order valence-electron chi connectivity index (χ1n) is 7.11. The summed E-state index contributed by atoms with van der Waals surface area (Å²) in [6.45, 7) is 6.43. The first-order chi connectivity index (χ1) is 8.89. The third kappa shape index (κ3) is 3.28. The standard InChI is InChI=1S/C16H25NO2/c1-11(17-14-10-15(19)16(14,2)3)4-5-12-6-8-13(18)9-7-12/h6-9,11,14-15,17-19H,4-5,10H2,1-3H3. The molecule has 1 aliphatic rings. The molecule has 0 heterocycles. The Morgan fingerprint density at radius 3 is 2.47 bits per heavy atom. The summed E-state index contributed by atoms with van der Waals surface area (Å²) in [5.74, 6) is 0.320. The molecule has 0 amide bonds. The Kier molecular flexibility index (Phi) is 4.16.